The van der Waals surface area contributed by atoms with Gasteiger partial charge in [-0.05, 0) is 24.6 Å². The summed E-state index contributed by atoms with van der Waals surface area (Å²) in [6.07, 6.45) is 3.55. The molecule has 5 heteroatoms. The average Bonchev–Trinajstić information content (AvgIpc) is 2.75. The van der Waals surface area contributed by atoms with Crippen molar-refractivity contribution >= 4 is 11.9 Å². The van der Waals surface area contributed by atoms with Crippen molar-refractivity contribution < 1.29 is 14.3 Å². The molecule has 1 saturated heterocycles. The summed E-state index contributed by atoms with van der Waals surface area (Å²) in [5, 5.41) is 0. The van der Waals surface area contributed by atoms with Gasteiger partial charge in [-0.1, -0.05) is 0 Å². The van der Waals surface area contributed by atoms with E-state index in [1.54, 1.807) is 17.3 Å². The molecule has 2 heterocycles. The quantitative estimate of drug-likeness (QED) is 0.753. The normalized spacial score (nSPS) is 23.2. The Balaban J connectivity index is 2.37. The molecule has 1 aliphatic heterocycles. The number of likely N-dealkylation sites (tertiary alicyclic amines) is 1. The van der Waals surface area contributed by atoms with Crippen molar-refractivity contribution in [1.82, 2.24) is 9.88 Å². The van der Waals surface area contributed by atoms with Crippen molar-refractivity contribution in [3.63, 3.8) is 0 Å². The number of carbonyl (C=O) groups excluding carboxylic acids is 2. The van der Waals surface area contributed by atoms with E-state index in [1.165, 1.54) is 7.11 Å². The van der Waals surface area contributed by atoms with E-state index < -0.39 is 5.92 Å². The van der Waals surface area contributed by atoms with Gasteiger partial charge in [-0.25, -0.2) is 0 Å². The fourth-order valence-corrected chi connectivity index (χ4v) is 2.50. The monoisotopic (exact) mass is 248 g/mol. The van der Waals surface area contributed by atoms with Gasteiger partial charge in [0.25, 0.3) is 0 Å². The first kappa shape index (κ1) is 12.5. The van der Waals surface area contributed by atoms with Crippen LogP contribution < -0.4 is 0 Å². The Hall–Kier alpha value is -1.91. The molecule has 0 bridgehead atoms. The third-order valence-corrected chi connectivity index (χ3v) is 3.32. The van der Waals surface area contributed by atoms with Crippen LogP contribution in [0.5, 0.6) is 0 Å². The number of amides is 1. The van der Waals surface area contributed by atoms with Crippen LogP contribution in [0.15, 0.2) is 24.5 Å². The van der Waals surface area contributed by atoms with Gasteiger partial charge in [0.15, 0.2) is 0 Å². The summed E-state index contributed by atoms with van der Waals surface area (Å²) in [4.78, 5) is 29.4. The fraction of sp³-hybridized carbons (Fsp3) is 0.462. The maximum absolute atomic E-state index is 11.9. The van der Waals surface area contributed by atoms with Gasteiger partial charge in [-0.2, -0.15) is 0 Å². The number of hydrogen-bond acceptors (Lipinski definition) is 4. The van der Waals surface area contributed by atoms with Crippen molar-refractivity contribution in [2.24, 2.45) is 5.92 Å². The van der Waals surface area contributed by atoms with Crippen molar-refractivity contribution in [2.45, 2.75) is 19.4 Å². The minimum atomic E-state index is -0.426. The minimum absolute atomic E-state index is 0.00490. The zero-order chi connectivity index (χ0) is 13.1. The van der Waals surface area contributed by atoms with E-state index in [9.17, 15) is 9.59 Å². The number of ether oxygens (including phenoxy) is 1. The van der Waals surface area contributed by atoms with Gasteiger partial charge in [0, 0.05) is 25.4 Å². The molecular formula is C13H16N2O3. The fourth-order valence-electron chi connectivity index (χ4n) is 2.50. The van der Waals surface area contributed by atoms with Gasteiger partial charge in [0.2, 0.25) is 5.91 Å². The van der Waals surface area contributed by atoms with E-state index in [0.29, 0.717) is 6.54 Å². The maximum Gasteiger partial charge on any atom is 0.311 e. The summed E-state index contributed by atoms with van der Waals surface area (Å²) in [7, 11) is 1.35. The first-order valence-corrected chi connectivity index (χ1v) is 5.96. The molecule has 2 rings (SSSR count). The van der Waals surface area contributed by atoms with Gasteiger partial charge in [0.1, 0.15) is 0 Å². The predicted octanol–water partition coefficient (Wildman–Crippen LogP) is 1.16. The molecule has 0 spiro atoms. The molecular weight excluding hydrogens is 232 g/mol. The lowest BCUT2D eigenvalue weighted by Crippen LogP contribution is -2.30. The topological polar surface area (TPSA) is 59.5 Å². The second kappa shape index (κ2) is 5.16. The maximum atomic E-state index is 11.9. The summed E-state index contributed by atoms with van der Waals surface area (Å²) in [5.74, 6) is -0.763. The molecule has 0 saturated carbocycles. The zero-order valence-corrected chi connectivity index (χ0v) is 10.5. The molecule has 0 radical (unpaired) electrons. The summed E-state index contributed by atoms with van der Waals surface area (Å²) in [6, 6.07) is 3.43. The molecule has 5 nitrogen and oxygen atoms in total. The number of rotatable bonds is 3. The third kappa shape index (κ3) is 2.08. The predicted molar refractivity (Wildman–Crippen MR) is 64.5 cm³/mol. The van der Waals surface area contributed by atoms with E-state index in [4.69, 9.17) is 4.74 Å². The average molecular weight is 248 g/mol. The van der Waals surface area contributed by atoms with Crippen LogP contribution in [0, 0.1) is 5.92 Å². The number of methoxy groups -OCH3 is 1. The van der Waals surface area contributed by atoms with Crippen molar-refractivity contribution in [3.05, 3.63) is 30.1 Å². The van der Waals surface area contributed by atoms with E-state index >= 15 is 0 Å². The van der Waals surface area contributed by atoms with Gasteiger partial charge in [0.05, 0.1) is 19.1 Å². The Labute approximate surface area is 106 Å². The number of pyridine rings is 1. The van der Waals surface area contributed by atoms with E-state index in [0.717, 1.165) is 5.56 Å². The van der Waals surface area contributed by atoms with E-state index in [-0.39, 0.29) is 24.3 Å². The van der Waals surface area contributed by atoms with Gasteiger partial charge in [-0.15, -0.1) is 0 Å². The summed E-state index contributed by atoms with van der Waals surface area (Å²) in [6.45, 7) is 2.49. The molecule has 96 valence electrons. The number of nitrogens with zero attached hydrogens (tertiary/aromatic N) is 2. The highest BCUT2D eigenvalue weighted by molar-refractivity contribution is 5.88. The standard InChI is InChI=1S/C13H16N2O3/c1-3-15-11(16)8-10(13(17)18-2)12(15)9-4-6-14-7-5-9/h4-7,10,12H,3,8H2,1-2H3. The van der Waals surface area contributed by atoms with Crippen LogP contribution in [0.25, 0.3) is 0 Å². The SMILES string of the molecule is CCN1C(=O)CC(C(=O)OC)C1c1ccncc1. The van der Waals surface area contributed by atoms with Crippen LogP contribution in [0.1, 0.15) is 24.9 Å². The van der Waals surface area contributed by atoms with Crippen LogP contribution in [0.2, 0.25) is 0 Å². The van der Waals surface area contributed by atoms with Gasteiger partial charge < -0.3 is 9.64 Å². The van der Waals surface area contributed by atoms with Crippen LogP contribution in [-0.2, 0) is 14.3 Å². The lowest BCUT2D eigenvalue weighted by Gasteiger charge is -2.26. The smallest absolute Gasteiger partial charge is 0.311 e. The molecule has 0 aliphatic carbocycles. The Morgan fingerprint density at radius 1 is 1.50 bits per heavy atom. The largest absolute Gasteiger partial charge is 0.469 e. The molecule has 0 aromatic carbocycles. The molecule has 2 atom stereocenters. The van der Waals surface area contributed by atoms with E-state index in [2.05, 4.69) is 4.98 Å². The number of esters is 1. The molecule has 1 aromatic rings. The number of carbonyl (C=O) groups is 2. The zero-order valence-electron chi connectivity index (χ0n) is 10.5. The van der Waals surface area contributed by atoms with Crippen LogP contribution >= 0.6 is 0 Å². The summed E-state index contributed by atoms with van der Waals surface area (Å²) < 4.78 is 4.79. The van der Waals surface area contributed by atoms with Crippen molar-refractivity contribution in [3.8, 4) is 0 Å². The highest BCUT2D eigenvalue weighted by Crippen LogP contribution is 2.38. The Kier molecular flexibility index (Phi) is 3.60. The Bertz CT molecular complexity index is 445. The Morgan fingerprint density at radius 3 is 2.72 bits per heavy atom. The van der Waals surface area contributed by atoms with Gasteiger partial charge in [-0.3, -0.25) is 14.6 Å². The van der Waals surface area contributed by atoms with Crippen molar-refractivity contribution in [2.75, 3.05) is 13.7 Å². The van der Waals surface area contributed by atoms with E-state index in [1.807, 2.05) is 19.1 Å². The lowest BCUT2D eigenvalue weighted by molar-refractivity contribution is -0.146. The molecule has 1 aliphatic rings. The Morgan fingerprint density at radius 2 is 2.17 bits per heavy atom. The second-order valence-corrected chi connectivity index (χ2v) is 4.24. The van der Waals surface area contributed by atoms with Crippen LogP contribution in [-0.4, -0.2) is 35.4 Å². The molecule has 18 heavy (non-hydrogen) atoms. The first-order valence-electron chi connectivity index (χ1n) is 5.96. The summed E-state index contributed by atoms with van der Waals surface area (Å²) >= 11 is 0. The van der Waals surface area contributed by atoms with Crippen LogP contribution in [0.3, 0.4) is 0 Å². The van der Waals surface area contributed by atoms with Crippen LogP contribution in [0.4, 0.5) is 0 Å². The van der Waals surface area contributed by atoms with Crippen molar-refractivity contribution in [1.29, 1.82) is 0 Å². The highest BCUT2D eigenvalue weighted by atomic mass is 16.5. The lowest BCUT2D eigenvalue weighted by atomic mass is 9.94. The highest BCUT2D eigenvalue weighted by Gasteiger charge is 2.44. The molecule has 0 N–H and O–H groups in total. The van der Waals surface area contributed by atoms with Gasteiger partial charge >= 0.3 is 5.97 Å². The molecule has 2 unspecified atom stereocenters. The number of aromatic nitrogens is 1. The number of hydrogen-bond donors (Lipinski definition) is 0. The second-order valence-electron chi connectivity index (χ2n) is 4.24. The minimum Gasteiger partial charge on any atom is -0.469 e. The molecule has 1 fully saturated rings. The third-order valence-electron chi connectivity index (χ3n) is 3.32. The summed E-state index contributed by atoms with van der Waals surface area (Å²) in [5.41, 5.74) is 0.924. The first-order chi connectivity index (χ1) is 8.69. The molecule has 1 amide bonds. The molecule has 1 aromatic heterocycles.